The quantitative estimate of drug-likeness (QED) is 0.401. The molecular weight excluding hydrogens is 341 g/mol. The number of hydrogen-bond donors (Lipinski definition) is 2. The minimum atomic E-state index is -4.38. The average Bonchev–Trinajstić information content (AvgIpc) is 2.95. The summed E-state index contributed by atoms with van der Waals surface area (Å²) in [6.07, 6.45) is -2.94. The van der Waals surface area contributed by atoms with Crippen molar-refractivity contribution in [2.75, 3.05) is 26.2 Å². The van der Waals surface area contributed by atoms with Crippen molar-refractivity contribution in [2.45, 2.75) is 45.9 Å². The normalized spacial score (nSPS) is 12.7. The van der Waals surface area contributed by atoms with Crippen molar-refractivity contribution in [1.82, 2.24) is 15.6 Å². The number of aliphatic imine (C=N–C) groups is 1. The Morgan fingerprint density at radius 3 is 2.71 bits per heavy atom. The van der Waals surface area contributed by atoms with Gasteiger partial charge in [-0.25, -0.2) is 4.98 Å². The van der Waals surface area contributed by atoms with Gasteiger partial charge in [-0.05, 0) is 27.2 Å². The average molecular weight is 366 g/mol. The van der Waals surface area contributed by atoms with Crippen molar-refractivity contribution in [1.29, 1.82) is 0 Å². The number of aromatic nitrogens is 1. The van der Waals surface area contributed by atoms with Crippen molar-refractivity contribution < 1.29 is 17.9 Å². The lowest BCUT2D eigenvalue weighted by Gasteiger charge is -2.11. The van der Waals surface area contributed by atoms with Crippen molar-refractivity contribution in [3.05, 3.63) is 16.1 Å². The summed E-state index contributed by atoms with van der Waals surface area (Å²) in [5.41, 5.74) is -0.826. The first kappa shape index (κ1) is 20.7. The van der Waals surface area contributed by atoms with Crippen LogP contribution < -0.4 is 10.6 Å². The van der Waals surface area contributed by atoms with E-state index in [1.54, 1.807) is 0 Å². The van der Waals surface area contributed by atoms with Crippen LogP contribution in [-0.4, -0.2) is 43.3 Å². The number of hydrogen-bond acceptors (Lipinski definition) is 4. The molecule has 0 fully saturated rings. The van der Waals surface area contributed by atoms with E-state index in [1.807, 2.05) is 20.8 Å². The maximum absolute atomic E-state index is 12.5. The van der Waals surface area contributed by atoms with Crippen LogP contribution in [0.2, 0.25) is 0 Å². The predicted octanol–water partition coefficient (Wildman–Crippen LogP) is 3.07. The minimum Gasteiger partial charge on any atom is -0.379 e. The maximum Gasteiger partial charge on any atom is 0.434 e. The summed E-state index contributed by atoms with van der Waals surface area (Å²) in [5.74, 6) is 0.648. The maximum atomic E-state index is 12.5. The third-order valence-corrected chi connectivity index (χ3v) is 3.75. The molecule has 138 valence electrons. The van der Waals surface area contributed by atoms with Gasteiger partial charge >= 0.3 is 6.18 Å². The molecule has 24 heavy (non-hydrogen) atoms. The lowest BCUT2D eigenvalue weighted by molar-refractivity contribution is -0.140. The van der Waals surface area contributed by atoms with E-state index >= 15 is 0 Å². The van der Waals surface area contributed by atoms with E-state index in [2.05, 4.69) is 20.6 Å². The molecule has 0 saturated carbocycles. The van der Waals surface area contributed by atoms with Gasteiger partial charge in [-0.2, -0.15) is 13.2 Å². The SMILES string of the molecule is CCNC(=NCCCOC(C)C)NCCc1nc(C(F)(F)F)cs1. The molecule has 0 radical (unpaired) electrons. The highest BCUT2D eigenvalue weighted by molar-refractivity contribution is 7.09. The second kappa shape index (κ2) is 10.5. The van der Waals surface area contributed by atoms with Gasteiger partial charge in [0.2, 0.25) is 0 Å². The van der Waals surface area contributed by atoms with Crippen LogP contribution in [0.15, 0.2) is 10.4 Å². The van der Waals surface area contributed by atoms with E-state index < -0.39 is 11.9 Å². The van der Waals surface area contributed by atoms with Gasteiger partial charge in [0.15, 0.2) is 11.7 Å². The molecule has 2 N–H and O–H groups in total. The summed E-state index contributed by atoms with van der Waals surface area (Å²) < 4.78 is 42.9. The molecule has 0 aliphatic rings. The summed E-state index contributed by atoms with van der Waals surface area (Å²) in [4.78, 5) is 8.01. The first-order chi connectivity index (χ1) is 11.3. The third kappa shape index (κ3) is 8.49. The number of nitrogens with zero attached hydrogens (tertiary/aromatic N) is 2. The zero-order valence-corrected chi connectivity index (χ0v) is 15.1. The highest BCUT2D eigenvalue weighted by Crippen LogP contribution is 2.29. The van der Waals surface area contributed by atoms with Crippen molar-refractivity contribution in [2.24, 2.45) is 4.99 Å². The van der Waals surface area contributed by atoms with Gasteiger partial charge in [-0.3, -0.25) is 4.99 Å². The summed E-state index contributed by atoms with van der Waals surface area (Å²) in [5, 5.41) is 7.70. The van der Waals surface area contributed by atoms with Crippen LogP contribution in [0.1, 0.15) is 37.9 Å². The molecular formula is C15H25F3N4OS. The van der Waals surface area contributed by atoms with E-state index in [9.17, 15) is 13.2 Å². The lowest BCUT2D eigenvalue weighted by atomic mass is 10.4. The highest BCUT2D eigenvalue weighted by Gasteiger charge is 2.33. The van der Waals surface area contributed by atoms with Crippen LogP contribution in [0.3, 0.4) is 0 Å². The number of halogens is 3. The molecule has 0 saturated heterocycles. The molecule has 9 heteroatoms. The first-order valence-electron chi connectivity index (χ1n) is 7.98. The Morgan fingerprint density at radius 2 is 2.12 bits per heavy atom. The molecule has 0 aromatic carbocycles. The summed E-state index contributed by atoms with van der Waals surface area (Å²) in [7, 11) is 0. The molecule has 0 atom stereocenters. The molecule has 1 aromatic rings. The molecule has 0 aliphatic carbocycles. The second-order valence-electron chi connectivity index (χ2n) is 5.33. The molecule has 1 heterocycles. The van der Waals surface area contributed by atoms with Gasteiger partial charge in [-0.15, -0.1) is 11.3 Å². The summed E-state index contributed by atoms with van der Waals surface area (Å²) in [6.45, 7) is 8.38. The Kier molecular flexibility index (Phi) is 9.05. The number of ether oxygens (including phenoxy) is 1. The summed E-state index contributed by atoms with van der Waals surface area (Å²) >= 11 is 1.02. The van der Waals surface area contributed by atoms with Crippen LogP contribution in [0, 0.1) is 0 Å². The van der Waals surface area contributed by atoms with E-state index in [4.69, 9.17) is 4.74 Å². The fourth-order valence-corrected chi connectivity index (χ4v) is 2.56. The first-order valence-corrected chi connectivity index (χ1v) is 8.86. The van der Waals surface area contributed by atoms with Gasteiger partial charge in [0.05, 0.1) is 11.1 Å². The standard InChI is InChI=1S/C15H25F3N4OS/c1-4-19-14(20-7-5-9-23-11(2)3)21-8-6-13-22-12(10-24-13)15(16,17)18/h10-11H,4-9H2,1-3H3,(H2,19,20,21). The zero-order valence-electron chi connectivity index (χ0n) is 14.2. The fourth-order valence-electron chi connectivity index (χ4n) is 1.76. The lowest BCUT2D eigenvalue weighted by Crippen LogP contribution is -2.38. The number of nitrogens with one attached hydrogen (secondary N) is 2. The van der Waals surface area contributed by atoms with Crippen molar-refractivity contribution in [3.63, 3.8) is 0 Å². The zero-order chi connectivity index (χ0) is 18.0. The van der Waals surface area contributed by atoms with Crippen molar-refractivity contribution >= 4 is 17.3 Å². The Bertz CT molecular complexity index is 503. The molecule has 5 nitrogen and oxygen atoms in total. The van der Waals surface area contributed by atoms with Gasteiger partial charge in [0.25, 0.3) is 0 Å². The van der Waals surface area contributed by atoms with Gasteiger partial charge in [0.1, 0.15) is 0 Å². The Balaban J connectivity index is 2.36. The second-order valence-corrected chi connectivity index (χ2v) is 6.28. The highest BCUT2D eigenvalue weighted by atomic mass is 32.1. The van der Waals surface area contributed by atoms with Gasteiger partial charge < -0.3 is 15.4 Å². The molecule has 1 rings (SSSR count). The number of alkyl halides is 3. The van der Waals surface area contributed by atoms with Crippen LogP contribution in [0.4, 0.5) is 13.2 Å². The smallest absolute Gasteiger partial charge is 0.379 e. The fraction of sp³-hybridized carbons (Fsp3) is 0.733. The monoisotopic (exact) mass is 366 g/mol. The van der Waals surface area contributed by atoms with Crippen LogP contribution >= 0.6 is 11.3 Å². The van der Waals surface area contributed by atoms with Crippen LogP contribution in [-0.2, 0) is 17.3 Å². The van der Waals surface area contributed by atoms with E-state index in [-0.39, 0.29) is 6.10 Å². The van der Waals surface area contributed by atoms with Gasteiger partial charge in [-0.1, -0.05) is 0 Å². The van der Waals surface area contributed by atoms with E-state index in [0.717, 1.165) is 23.1 Å². The molecule has 0 amide bonds. The molecule has 0 aliphatic heterocycles. The van der Waals surface area contributed by atoms with E-state index in [1.165, 1.54) is 0 Å². The Labute approximate surface area is 144 Å². The molecule has 1 aromatic heterocycles. The Morgan fingerprint density at radius 1 is 1.38 bits per heavy atom. The van der Waals surface area contributed by atoms with Crippen molar-refractivity contribution in [3.8, 4) is 0 Å². The van der Waals surface area contributed by atoms with E-state index in [0.29, 0.717) is 43.6 Å². The molecule has 0 bridgehead atoms. The molecule has 0 unspecified atom stereocenters. The number of guanidine groups is 1. The third-order valence-electron chi connectivity index (χ3n) is 2.84. The number of thiazole rings is 1. The number of rotatable bonds is 9. The summed E-state index contributed by atoms with van der Waals surface area (Å²) in [6, 6.07) is 0. The van der Waals surface area contributed by atoms with Crippen LogP contribution in [0.25, 0.3) is 0 Å². The minimum absolute atomic E-state index is 0.209. The van der Waals surface area contributed by atoms with Gasteiger partial charge in [0, 0.05) is 38.0 Å². The molecule has 0 spiro atoms. The Hall–Kier alpha value is -1.35. The predicted molar refractivity (Wildman–Crippen MR) is 90.5 cm³/mol. The largest absolute Gasteiger partial charge is 0.434 e. The van der Waals surface area contributed by atoms with Crippen LogP contribution in [0.5, 0.6) is 0 Å². The topological polar surface area (TPSA) is 58.5 Å².